The molecule has 0 saturated carbocycles. The lowest BCUT2D eigenvalue weighted by atomic mass is 10.1. The van der Waals surface area contributed by atoms with Gasteiger partial charge in [0, 0.05) is 26.0 Å². The van der Waals surface area contributed by atoms with E-state index in [4.69, 9.17) is 4.74 Å². The van der Waals surface area contributed by atoms with Gasteiger partial charge in [0.2, 0.25) is 0 Å². The maximum absolute atomic E-state index is 11.4. The molecule has 0 atom stereocenters. The van der Waals surface area contributed by atoms with Crippen LogP contribution in [0.4, 0.5) is 5.69 Å². The molecule has 0 aliphatic carbocycles. The molecule has 0 spiro atoms. The largest absolute Gasteiger partial charge is 0.465 e. The number of ether oxygens (including phenoxy) is 1. The molecule has 1 aromatic heterocycles. The highest BCUT2D eigenvalue weighted by atomic mass is 16.5. The van der Waals surface area contributed by atoms with E-state index in [1.54, 1.807) is 6.20 Å². The van der Waals surface area contributed by atoms with Crippen molar-refractivity contribution in [1.82, 2.24) is 4.98 Å². The van der Waals surface area contributed by atoms with Crippen molar-refractivity contribution in [3.63, 3.8) is 0 Å². The van der Waals surface area contributed by atoms with Gasteiger partial charge >= 0.3 is 5.97 Å². The fraction of sp³-hybridized carbons (Fsp3) is 0.400. The zero-order valence-electron chi connectivity index (χ0n) is 8.28. The summed E-state index contributed by atoms with van der Waals surface area (Å²) in [4.78, 5) is 17.5. The van der Waals surface area contributed by atoms with E-state index < -0.39 is 0 Å². The summed E-state index contributed by atoms with van der Waals surface area (Å²) in [6.45, 7) is 0.936. The van der Waals surface area contributed by atoms with E-state index in [1.165, 1.54) is 7.11 Å². The summed E-state index contributed by atoms with van der Waals surface area (Å²) < 4.78 is 4.70. The van der Waals surface area contributed by atoms with Gasteiger partial charge in [-0.05, 0) is 12.0 Å². The Kier molecular flexibility index (Phi) is 2.11. The summed E-state index contributed by atoms with van der Waals surface area (Å²) in [5.41, 5.74) is 2.65. The first kappa shape index (κ1) is 8.99. The molecule has 2 rings (SSSR count). The minimum Gasteiger partial charge on any atom is -0.465 e. The summed E-state index contributed by atoms with van der Waals surface area (Å²) in [6.07, 6.45) is 4.32. The Hall–Kier alpha value is -1.58. The van der Waals surface area contributed by atoms with Gasteiger partial charge < -0.3 is 9.64 Å². The van der Waals surface area contributed by atoms with Gasteiger partial charge in [-0.2, -0.15) is 0 Å². The first-order chi connectivity index (χ1) is 6.74. The van der Waals surface area contributed by atoms with Gasteiger partial charge in [0.15, 0.2) is 0 Å². The van der Waals surface area contributed by atoms with Crippen molar-refractivity contribution in [2.75, 3.05) is 25.6 Å². The van der Waals surface area contributed by atoms with Crippen molar-refractivity contribution in [3.05, 3.63) is 23.5 Å². The molecule has 0 fully saturated rings. The third kappa shape index (κ3) is 1.23. The summed E-state index contributed by atoms with van der Waals surface area (Å²) in [5, 5.41) is 0. The SMILES string of the molecule is COC(=O)c1cncc2c1N(C)CC2. The number of pyridine rings is 1. The standard InChI is InChI=1S/C10H12N2O2/c1-12-4-3-7-5-11-6-8(9(7)12)10(13)14-2/h5-6H,3-4H2,1-2H3. The Labute approximate surface area is 82.5 Å². The van der Waals surface area contributed by atoms with E-state index in [9.17, 15) is 4.79 Å². The lowest BCUT2D eigenvalue weighted by Gasteiger charge is -2.14. The van der Waals surface area contributed by atoms with Gasteiger partial charge in [-0.1, -0.05) is 0 Å². The average molecular weight is 192 g/mol. The highest BCUT2D eigenvalue weighted by molar-refractivity contribution is 5.96. The molecule has 1 aliphatic rings. The van der Waals surface area contributed by atoms with Crippen LogP contribution in [0.2, 0.25) is 0 Å². The second kappa shape index (κ2) is 3.29. The molecule has 0 amide bonds. The number of hydrogen-bond acceptors (Lipinski definition) is 4. The Bertz CT molecular complexity index is 376. The van der Waals surface area contributed by atoms with Crippen LogP contribution < -0.4 is 4.90 Å². The molecule has 14 heavy (non-hydrogen) atoms. The zero-order valence-corrected chi connectivity index (χ0v) is 8.28. The number of esters is 1. The molecule has 0 radical (unpaired) electrons. The molecule has 1 aliphatic heterocycles. The first-order valence-electron chi connectivity index (χ1n) is 4.50. The number of carbonyl (C=O) groups excluding carboxylic acids is 1. The van der Waals surface area contributed by atoms with Gasteiger partial charge in [0.25, 0.3) is 0 Å². The summed E-state index contributed by atoms with van der Waals surface area (Å²) in [6, 6.07) is 0. The van der Waals surface area contributed by atoms with E-state index in [1.807, 2.05) is 13.2 Å². The molecule has 0 aromatic carbocycles. The first-order valence-corrected chi connectivity index (χ1v) is 4.50. The summed E-state index contributed by atoms with van der Waals surface area (Å²) in [7, 11) is 3.36. The molecule has 0 unspecified atom stereocenters. The van der Waals surface area contributed by atoms with Crippen LogP contribution in [0.25, 0.3) is 0 Å². The number of rotatable bonds is 1. The van der Waals surface area contributed by atoms with Crippen LogP contribution in [0.15, 0.2) is 12.4 Å². The molecular formula is C10H12N2O2. The van der Waals surface area contributed by atoms with Crippen LogP contribution in [-0.4, -0.2) is 31.7 Å². The van der Waals surface area contributed by atoms with E-state index in [0.717, 1.165) is 24.2 Å². The van der Waals surface area contributed by atoms with Crippen LogP contribution in [0.3, 0.4) is 0 Å². The predicted octanol–water partition coefficient (Wildman–Crippen LogP) is 0.860. The second-order valence-electron chi connectivity index (χ2n) is 3.36. The van der Waals surface area contributed by atoms with Crippen molar-refractivity contribution < 1.29 is 9.53 Å². The van der Waals surface area contributed by atoms with Crippen LogP contribution in [0.1, 0.15) is 15.9 Å². The Morgan fingerprint density at radius 2 is 2.36 bits per heavy atom. The van der Waals surface area contributed by atoms with E-state index in [2.05, 4.69) is 9.88 Å². The minimum atomic E-state index is -0.317. The molecule has 0 bridgehead atoms. The quantitative estimate of drug-likeness (QED) is 0.619. The van der Waals surface area contributed by atoms with Crippen molar-refractivity contribution in [3.8, 4) is 0 Å². The zero-order chi connectivity index (χ0) is 10.1. The third-order valence-corrected chi connectivity index (χ3v) is 2.50. The average Bonchev–Trinajstić information content (AvgIpc) is 2.59. The summed E-state index contributed by atoms with van der Waals surface area (Å²) >= 11 is 0. The molecule has 0 N–H and O–H groups in total. The number of methoxy groups -OCH3 is 1. The van der Waals surface area contributed by atoms with E-state index in [0.29, 0.717) is 5.56 Å². The maximum atomic E-state index is 11.4. The maximum Gasteiger partial charge on any atom is 0.341 e. The highest BCUT2D eigenvalue weighted by Gasteiger charge is 2.23. The van der Waals surface area contributed by atoms with E-state index >= 15 is 0 Å². The highest BCUT2D eigenvalue weighted by Crippen LogP contribution is 2.29. The number of anilines is 1. The lowest BCUT2D eigenvalue weighted by Crippen LogP contribution is -2.16. The predicted molar refractivity (Wildman–Crippen MR) is 52.6 cm³/mol. The molecular weight excluding hydrogens is 180 g/mol. The van der Waals surface area contributed by atoms with Gasteiger partial charge in [-0.15, -0.1) is 0 Å². The van der Waals surface area contributed by atoms with Crippen LogP contribution in [-0.2, 0) is 11.2 Å². The second-order valence-corrected chi connectivity index (χ2v) is 3.36. The number of nitrogens with zero attached hydrogens (tertiary/aromatic N) is 2. The fourth-order valence-corrected chi connectivity index (χ4v) is 1.79. The van der Waals surface area contributed by atoms with Crippen LogP contribution >= 0.6 is 0 Å². The lowest BCUT2D eigenvalue weighted by molar-refractivity contribution is 0.0601. The number of aromatic nitrogens is 1. The monoisotopic (exact) mass is 192 g/mol. The van der Waals surface area contributed by atoms with Crippen molar-refractivity contribution in [2.45, 2.75) is 6.42 Å². The third-order valence-electron chi connectivity index (χ3n) is 2.50. The normalized spacial score (nSPS) is 14.0. The van der Waals surface area contributed by atoms with Gasteiger partial charge in [-0.25, -0.2) is 4.79 Å². The Morgan fingerprint density at radius 1 is 1.57 bits per heavy atom. The molecule has 74 valence electrons. The fourth-order valence-electron chi connectivity index (χ4n) is 1.79. The van der Waals surface area contributed by atoms with E-state index in [-0.39, 0.29) is 5.97 Å². The van der Waals surface area contributed by atoms with Crippen LogP contribution in [0.5, 0.6) is 0 Å². The Balaban J connectivity index is 2.52. The number of carbonyl (C=O) groups is 1. The smallest absolute Gasteiger partial charge is 0.341 e. The number of likely N-dealkylation sites (N-methyl/N-ethyl adjacent to an activating group) is 1. The molecule has 1 aromatic rings. The number of fused-ring (bicyclic) bond motifs is 1. The minimum absolute atomic E-state index is 0.317. The number of hydrogen-bond donors (Lipinski definition) is 0. The molecule has 4 heteroatoms. The topological polar surface area (TPSA) is 42.4 Å². The molecule has 4 nitrogen and oxygen atoms in total. The van der Waals surface area contributed by atoms with Crippen molar-refractivity contribution in [2.24, 2.45) is 0 Å². The molecule has 0 saturated heterocycles. The van der Waals surface area contributed by atoms with Gasteiger partial charge in [0.1, 0.15) is 5.56 Å². The van der Waals surface area contributed by atoms with Crippen molar-refractivity contribution >= 4 is 11.7 Å². The molecule has 2 heterocycles. The van der Waals surface area contributed by atoms with Crippen LogP contribution in [0, 0.1) is 0 Å². The van der Waals surface area contributed by atoms with Gasteiger partial charge in [-0.3, -0.25) is 4.98 Å². The van der Waals surface area contributed by atoms with Crippen molar-refractivity contribution in [1.29, 1.82) is 0 Å². The summed E-state index contributed by atoms with van der Waals surface area (Å²) in [5.74, 6) is -0.317. The van der Waals surface area contributed by atoms with Gasteiger partial charge in [0.05, 0.1) is 12.8 Å². The Morgan fingerprint density at radius 3 is 3.07 bits per heavy atom.